The molecule has 35 heavy (non-hydrogen) atoms. The molecule has 0 bridgehead atoms. The largest absolute Gasteiger partial charge is 0.444 e. The molecule has 2 aromatic heterocycles. The second kappa shape index (κ2) is 9.95. The van der Waals surface area contributed by atoms with Crippen molar-refractivity contribution in [3.8, 4) is 0 Å². The molecule has 9 heteroatoms. The number of nitrogens with zero attached hydrogens (tertiary/aromatic N) is 4. The Hall–Kier alpha value is -3.59. The predicted octanol–water partition coefficient (Wildman–Crippen LogP) is 4.58. The lowest BCUT2D eigenvalue weighted by molar-refractivity contribution is 0.0137. The second-order valence-electron chi connectivity index (χ2n) is 9.95. The molecular formula is C26H34N6O3. The predicted molar refractivity (Wildman–Crippen MR) is 138 cm³/mol. The minimum absolute atomic E-state index is 0.253. The Balaban J connectivity index is 1.41. The maximum absolute atomic E-state index is 12.6. The molecule has 1 aliphatic heterocycles. The Kier molecular flexibility index (Phi) is 6.98. The third kappa shape index (κ3) is 6.10. The van der Waals surface area contributed by atoms with Gasteiger partial charge in [-0.05, 0) is 52.0 Å². The average Bonchev–Trinajstić information content (AvgIpc) is 3.11. The van der Waals surface area contributed by atoms with Crippen LogP contribution in [0.25, 0.3) is 10.9 Å². The summed E-state index contributed by atoms with van der Waals surface area (Å²) in [5.41, 5.74) is 3.89. The number of nitrogens with one attached hydrogen (secondary N) is 2. The standard InChI is InChI=1S/C26H34N6O3/c1-18-9-10-20(16-27-18)28-24(33)29-22-8-6-7-19-15-21(30(5)23(19)22)17-31-11-13-32(14-12-31)25(34)35-26(2,3)4/h6-10,15-16H,11-14,17H2,1-5H3,(H2,28,29,33). The maximum atomic E-state index is 12.6. The van der Waals surface area contributed by atoms with Crippen LogP contribution in [0.15, 0.2) is 42.6 Å². The van der Waals surface area contributed by atoms with Crippen molar-refractivity contribution in [1.82, 2.24) is 19.4 Å². The summed E-state index contributed by atoms with van der Waals surface area (Å²) >= 11 is 0. The molecule has 0 atom stereocenters. The average molecular weight is 479 g/mol. The van der Waals surface area contributed by atoms with Crippen LogP contribution < -0.4 is 10.6 Å². The fourth-order valence-electron chi connectivity index (χ4n) is 4.20. The van der Waals surface area contributed by atoms with E-state index in [9.17, 15) is 9.59 Å². The Morgan fingerprint density at radius 2 is 1.80 bits per heavy atom. The third-order valence-corrected chi connectivity index (χ3v) is 5.98. The first-order valence-corrected chi connectivity index (χ1v) is 11.9. The quantitative estimate of drug-likeness (QED) is 0.573. The molecule has 1 aromatic carbocycles. The molecule has 1 saturated heterocycles. The monoisotopic (exact) mass is 478 g/mol. The van der Waals surface area contributed by atoms with E-state index in [-0.39, 0.29) is 12.1 Å². The molecule has 4 rings (SSSR count). The smallest absolute Gasteiger partial charge is 0.410 e. The van der Waals surface area contributed by atoms with Crippen LogP contribution in [0.5, 0.6) is 0 Å². The van der Waals surface area contributed by atoms with E-state index in [1.165, 1.54) is 0 Å². The highest BCUT2D eigenvalue weighted by Crippen LogP contribution is 2.27. The lowest BCUT2D eigenvalue weighted by atomic mass is 10.2. The van der Waals surface area contributed by atoms with Crippen molar-refractivity contribution in [3.05, 3.63) is 54.0 Å². The minimum atomic E-state index is -0.489. The molecule has 0 spiro atoms. The summed E-state index contributed by atoms with van der Waals surface area (Å²) in [6.07, 6.45) is 1.38. The van der Waals surface area contributed by atoms with Gasteiger partial charge in [0.2, 0.25) is 0 Å². The van der Waals surface area contributed by atoms with Crippen molar-refractivity contribution < 1.29 is 14.3 Å². The molecular weight excluding hydrogens is 444 g/mol. The van der Waals surface area contributed by atoms with Crippen molar-refractivity contribution in [2.75, 3.05) is 36.8 Å². The molecule has 0 unspecified atom stereocenters. The first-order valence-electron chi connectivity index (χ1n) is 11.9. The van der Waals surface area contributed by atoms with Gasteiger partial charge in [0.1, 0.15) is 5.60 Å². The van der Waals surface area contributed by atoms with Crippen LogP contribution in [0.2, 0.25) is 0 Å². The van der Waals surface area contributed by atoms with Gasteiger partial charge in [0.05, 0.1) is 23.1 Å². The number of para-hydroxylation sites is 1. The molecule has 1 fully saturated rings. The highest BCUT2D eigenvalue weighted by molar-refractivity contribution is 6.05. The molecule has 9 nitrogen and oxygen atoms in total. The summed E-state index contributed by atoms with van der Waals surface area (Å²) in [5, 5.41) is 6.86. The SMILES string of the molecule is Cc1ccc(NC(=O)Nc2cccc3cc(CN4CCN(C(=O)OC(C)(C)C)CC4)n(C)c23)cn1. The molecule has 2 N–H and O–H groups in total. The van der Waals surface area contributed by atoms with E-state index < -0.39 is 5.60 Å². The lowest BCUT2D eigenvalue weighted by Crippen LogP contribution is -2.49. The number of hydrogen-bond acceptors (Lipinski definition) is 5. The number of amides is 3. The summed E-state index contributed by atoms with van der Waals surface area (Å²) in [7, 11) is 2.02. The molecule has 3 aromatic rings. The zero-order chi connectivity index (χ0) is 25.2. The van der Waals surface area contributed by atoms with Gasteiger partial charge in [0, 0.05) is 56.5 Å². The van der Waals surface area contributed by atoms with Gasteiger partial charge in [0.15, 0.2) is 0 Å². The number of anilines is 2. The highest BCUT2D eigenvalue weighted by atomic mass is 16.6. The zero-order valence-electron chi connectivity index (χ0n) is 21.1. The Labute approximate surface area is 206 Å². The van der Waals surface area contributed by atoms with E-state index >= 15 is 0 Å². The van der Waals surface area contributed by atoms with Crippen LogP contribution in [-0.4, -0.2) is 63.3 Å². The number of carbonyl (C=O) groups is 2. The van der Waals surface area contributed by atoms with E-state index in [1.54, 1.807) is 11.1 Å². The normalized spacial score (nSPS) is 14.7. The number of pyridine rings is 1. The summed E-state index contributed by atoms with van der Waals surface area (Å²) in [4.78, 5) is 33.3. The van der Waals surface area contributed by atoms with Crippen molar-refractivity contribution in [2.45, 2.75) is 39.8 Å². The van der Waals surface area contributed by atoms with Crippen molar-refractivity contribution >= 4 is 34.4 Å². The first-order chi connectivity index (χ1) is 16.6. The van der Waals surface area contributed by atoms with Gasteiger partial charge in [0.25, 0.3) is 0 Å². The minimum Gasteiger partial charge on any atom is -0.444 e. The second-order valence-corrected chi connectivity index (χ2v) is 9.95. The van der Waals surface area contributed by atoms with Gasteiger partial charge in [-0.3, -0.25) is 9.88 Å². The van der Waals surface area contributed by atoms with Gasteiger partial charge < -0.3 is 24.8 Å². The van der Waals surface area contributed by atoms with Crippen LogP contribution in [0.1, 0.15) is 32.2 Å². The number of benzene rings is 1. The van der Waals surface area contributed by atoms with Gasteiger partial charge in [-0.2, -0.15) is 0 Å². The molecule has 3 amide bonds. The molecule has 186 valence electrons. The number of ether oxygens (including phenoxy) is 1. The maximum Gasteiger partial charge on any atom is 0.410 e. The van der Waals surface area contributed by atoms with E-state index in [1.807, 2.05) is 65.1 Å². The number of rotatable bonds is 4. The number of urea groups is 1. The van der Waals surface area contributed by atoms with Crippen LogP contribution in [-0.2, 0) is 18.3 Å². The van der Waals surface area contributed by atoms with Gasteiger partial charge >= 0.3 is 12.1 Å². The van der Waals surface area contributed by atoms with Gasteiger partial charge in [-0.25, -0.2) is 9.59 Å². The number of hydrogen-bond donors (Lipinski definition) is 2. The molecule has 1 aliphatic rings. The van der Waals surface area contributed by atoms with E-state index in [4.69, 9.17) is 4.74 Å². The van der Waals surface area contributed by atoms with Crippen LogP contribution in [0.3, 0.4) is 0 Å². The molecule has 0 radical (unpaired) electrons. The topological polar surface area (TPSA) is 91.7 Å². The number of piperazine rings is 1. The van der Waals surface area contributed by atoms with E-state index in [0.29, 0.717) is 18.8 Å². The van der Waals surface area contributed by atoms with E-state index in [2.05, 4.69) is 31.2 Å². The zero-order valence-corrected chi connectivity index (χ0v) is 21.1. The fraction of sp³-hybridized carbons (Fsp3) is 0.423. The number of fused-ring (bicyclic) bond motifs is 1. The summed E-state index contributed by atoms with van der Waals surface area (Å²) < 4.78 is 7.62. The number of carbonyl (C=O) groups excluding carboxylic acids is 2. The highest BCUT2D eigenvalue weighted by Gasteiger charge is 2.26. The summed E-state index contributed by atoms with van der Waals surface area (Å²) in [6.45, 7) is 11.1. The Morgan fingerprint density at radius 1 is 1.06 bits per heavy atom. The fourth-order valence-corrected chi connectivity index (χ4v) is 4.20. The van der Waals surface area contributed by atoms with Crippen LogP contribution in [0, 0.1) is 6.92 Å². The lowest BCUT2D eigenvalue weighted by Gasteiger charge is -2.35. The first kappa shape index (κ1) is 24.5. The Morgan fingerprint density at radius 3 is 2.46 bits per heavy atom. The van der Waals surface area contributed by atoms with E-state index in [0.717, 1.165) is 47.6 Å². The van der Waals surface area contributed by atoms with Crippen molar-refractivity contribution in [2.24, 2.45) is 7.05 Å². The van der Waals surface area contributed by atoms with Crippen LogP contribution in [0.4, 0.5) is 21.0 Å². The van der Waals surface area contributed by atoms with Crippen LogP contribution >= 0.6 is 0 Å². The Bertz CT molecular complexity index is 1200. The third-order valence-electron chi connectivity index (χ3n) is 5.98. The van der Waals surface area contributed by atoms with Crippen molar-refractivity contribution in [3.63, 3.8) is 0 Å². The molecule has 0 aliphatic carbocycles. The summed E-state index contributed by atoms with van der Waals surface area (Å²) in [5.74, 6) is 0. The van der Waals surface area contributed by atoms with Gasteiger partial charge in [-0.15, -0.1) is 0 Å². The van der Waals surface area contributed by atoms with Crippen molar-refractivity contribution in [1.29, 1.82) is 0 Å². The number of aryl methyl sites for hydroxylation is 2. The molecule has 0 saturated carbocycles. The summed E-state index contributed by atoms with van der Waals surface area (Å²) in [6, 6.07) is 11.4. The molecule has 3 heterocycles. The van der Waals surface area contributed by atoms with Gasteiger partial charge in [-0.1, -0.05) is 12.1 Å². The number of aromatic nitrogens is 2.